The number of aliphatic hydroxyl groups is 1. The molecule has 0 aliphatic carbocycles. The Morgan fingerprint density at radius 2 is 1.95 bits per heavy atom. The van der Waals surface area contributed by atoms with Gasteiger partial charge in [0.1, 0.15) is 16.7 Å². The van der Waals surface area contributed by atoms with Gasteiger partial charge in [-0.2, -0.15) is 5.10 Å². The van der Waals surface area contributed by atoms with E-state index in [0.29, 0.717) is 12.1 Å². The zero-order chi connectivity index (χ0) is 13.9. The van der Waals surface area contributed by atoms with Gasteiger partial charge in [-0.25, -0.2) is 14.6 Å². The molecule has 2 aromatic heterocycles. The third kappa shape index (κ3) is 1.69. The van der Waals surface area contributed by atoms with Crippen LogP contribution >= 0.6 is 15.9 Å². The molecule has 2 unspecified atom stereocenters. The molecule has 2 aliphatic heterocycles. The average molecular weight is 338 g/mol. The monoisotopic (exact) mass is 337 g/mol. The zero-order valence-electron chi connectivity index (χ0n) is 11.2. The number of hydrogen-bond donors (Lipinski definition) is 1. The molecular weight excluding hydrogens is 322 g/mol. The summed E-state index contributed by atoms with van der Waals surface area (Å²) in [4.78, 5) is 11.2. The molecule has 0 saturated carbocycles. The fourth-order valence-electron chi connectivity index (χ4n) is 3.72. The molecular formula is C13H16BrN5O. The molecule has 0 spiro atoms. The molecule has 0 radical (unpaired) electrons. The van der Waals surface area contributed by atoms with Crippen molar-refractivity contribution in [1.82, 2.24) is 19.7 Å². The number of hydrogen-bond acceptors (Lipinski definition) is 5. The van der Waals surface area contributed by atoms with Gasteiger partial charge < -0.3 is 10.0 Å². The number of aliphatic hydroxyl groups excluding tert-OH is 1. The van der Waals surface area contributed by atoms with E-state index in [9.17, 15) is 5.11 Å². The molecule has 1 N–H and O–H groups in total. The third-order valence-electron chi connectivity index (χ3n) is 4.51. The van der Waals surface area contributed by atoms with E-state index in [1.165, 1.54) is 0 Å². The van der Waals surface area contributed by atoms with E-state index in [1.54, 1.807) is 11.0 Å². The van der Waals surface area contributed by atoms with Crippen LogP contribution in [0.25, 0.3) is 11.0 Å². The van der Waals surface area contributed by atoms with Crippen molar-refractivity contribution in [3.8, 4) is 0 Å². The Hall–Kier alpha value is -1.21. The number of aryl methyl sites for hydroxylation is 1. The minimum absolute atomic E-state index is 0.168. The highest BCUT2D eigenvalue weighted by Crippen LogP contribution is 2.41. The molecule has 0 amide bonds. The van der Waals surface area contributed by atoms with Gasteiger partial charge in [0, 0.05) is 19.1 Å². The Bertz CT molecular complexity index is 658. The Kier molecular flexibility index (Phi) is 2.75. The van der Waals surface area contributed by atoms with Crippen LogP contribution in [0, 0.1) is 0 Å². The van der Waals surface area contributed by atoms with Crippen LogP contribution in [0.5, 0.6) is 0 Å². The van der Waals surface area contributed by atoms with Crippen LogP contribution in [0.15, 0.2) is 10.9 Å². The Balaban J connectivity index is 1.87. The van der Waals surface area contributed by atoms with Crippen LogP contribution in [0.4, 0.5) is 5.82 Å². The maximum Gasteiger partial charge on any atom is 0.164 e. The van der Waals surface area contributed by atoms with E-state index in [1.807, 2.05) is 7.05 Å². The predicted molar refractivity (Wildman–Crippen MR) is 78.5 cm³/mol. The minimum Gasteiger partial charge on any atom is -0.393 e. The predicted octanol–water partition coefficient (Wildman–Crippen LogP) is 1.62. The first-order valence-corrected chi connectivity index (χ1v) is 7.74. The van der Waals surface area contributed by atoms with E-state index < -0.39 is 0 Å². The summed E-state index contributed by atoms with van der Waals surface area (Å²) in [5.74, 6) is 0.953. The van der Waals surface area contributed by atoms with E-state index in [0.717, 1.165) is 47.1 Å². The summed E-state index contributed by atoms with van der Waals surface area (Å²) < 4.78 is 2.56. The summed E-state index contributed by atoms with van der Waals surface area (Å²) in [5, 5.41) is 15.3. The highest BCUT2D eigenvalue weighted by molar-refractivity contribution is 9.10. The van der Waals surface area contributed by atoms with E-state index in [4.69, 9.17) is 0 Å². The fourth-order valence-corrected chi connectivity index (χ4v) is 4.31. The SMILES string of the molecule is Cn1nc(Br)c2c(N3C4CCC3CC(O)C4)ncnc21. The van der Waals surface area contributed by atoms with Crippen molar-refractivity contribution in [2.75, 3.05) is 4.90 Å². The quantitative estimate of drug-likeness (QED) is 0.856. The molecule has 2 atom stereocenters. The summed E-state index contributed by atoms with van der Waals surface area (Å²) >= 11 is 3.52. The largest absolute Gasteiger partial charge is 0.393 e. The highest BCUT2D eigenvalue weighted by Gasteiger charge is 2.41. The molecule has 2 bridgehead atoms. The smallest absolute Gasteiger partial charge is 0.164 e. The molecule has 6 nitrogen and oxygen atoms in total. The van der Waals surface area contributed by atoms with E-state index in [2.05, 4.69) is 35.9 Å². The average Bonchev–Trinajstić information content (AvgIpc) is 2.85. The first-order chi connectivity index (χ1) is 9.65. The molecule has 2 aromatic rings. The molecule has 0 aromatic carbocycles. The summed E-state index contributed by atoms with van der Waals surface area (Å²) in [5.41, 5.74) is 0.840. The highest BCUT2D eigenvalue weighted by atomic mass is 79.9. The summed E-state index contributed by atoms with van der Waals surface area (Å²) in [6.45, 7) is 0. The van der Waals surface area contributed by atoms with Crippen molar-refractivity contribution in [2.45, 2.75) is 43.9 Å². The molecule has 4 rings (SSSR count). The summed E-state index contributed by atoms with van der Waals surface area (Å²) in [6, 6.07) is 0.767. The van der Waals surface area contributed by atoms with Gasteiger partial charge in [0.2, 0.25) is 0 Å². The number of halogens is 1. The van der Waals surface area contributed by atoms with Crippen molar-refractivity contribution >= 4 is 32.8 Å². The normalized spacial score (nSPS) is 29.4. The second kappa shape index (κ2) is 4.39. The van der Waals surface area contributed by atoms with E-state index >= 15 is 0 Å². The molecule has 2 fully saturated rings. The maximum absolute atomic E-state index is 9.94. The lowest BCUT2D eigenvalue weighted by Crippen LogP contribution is -2.45. The lowest BCUT2D eigenvalue weighted by atomic mass is 10.00. The lowest BCUT2D eigenvalue weighted by Gasteiger charge is -2.38. The Morgan fingerprint density at radius 3 is 2.65 bits per heavy atom. The first-order valence-electron chi connectivity index (χ1n) is 6.94. The van der Waals surface area contributed by atoms with Gasteiger partial charge in [-0.05, 0) is 41.6 Å². The van der Waals surface area contributed by atoms with Crippen molar-refractivity contribution in [2.24, 2.45) is 7.05 Å². The van der Waals surface area contributed by atoms with Crippen LogP contribution in [0.1, 0.15) is 25.7 Å². The van der Waals surface area contributed by atoms with Crippen LogP contribution in [0.3, 0.4) is 0 Å². The molecule has 2 saturated heterocycles. The number of rotatable bonds is 1. The van der Waals surface area contributed by atoms with Crippen molar-refractivity contribution < 1.29 is 5.11 Å². The molecule has 7 heteroatoms. The second-order valence-corrected chi connectivity index (χ2v) is 6.48. The van der Waals surface area contributed by atoms with E-state index in [-0.39, 0.29) is 6.10 Å². The van der Waals surface area contributed by atoms with Crippen LogP contribution in [-0.2, 0) is 7.05 Å². The van der Waals surface area contributed by atoms with Gasteiger partial charge in [0.05, 0.1) is 11.5 Å². The minimum atomic E-state index is -0.168. The maximum atomic E-state index is 9.94. The van der Waals surface area contributed by atoms with Gasteiger partial charge in [-0.3, -0.25) is 0 Å². The standard InChI is InChI=1S/C13H16BrN5O/c1-18-12-10(11(14)17-18)13(16-6-15-12)19-7-2-3-8(19)5-9(20)4-7/h6-9,20H,2-5H2,1H3. The van der Waals surface area contributed by atoms with Crippen LogP contribution < -0.4 is 4.90 Å². The molecule has 20 heavy (non-hydrogen) atoms. The molecule has 106 valence electrons. The topological polar surface area (TPSA) is 67.1 Å². The number of anilines is 1. The summed E-state index contributed by atoms with van der Waals surface area (Å²) in [6.07, 6.45) is 5.37. The first kappa shape index (κ1) is 12.5. The van der Waals surface area contributed by atoms with Crippen molar-refractivity contribution in [3.05, 3.63) is 10.9 Å². The van der Waals surface area contributed by atoms with Gasteiger partial charge in [0.25, 0.3) is 0 Å². The number of fused-ring (bicyclic) bond motifs is 3. The van der Waals surface area contributed by atoms with Gasteiger partial charge >= 0.3 is 0 Å². The zero-order valence-corrected chi connectivity index (χ0v) is 12.8. The molecule has 4 heterocycles. The third-order valence-corrected chi connectivity index (χ3v) is 5.07. The number of nitrogens with zero attached hydrogens (tertiary/aromatic N) is 5. The van der Waals surface area contributed by atoms with Crippen LogP contribution in [0.2, 0.25) is 0 Å². The van der Waals surface area contributed by atoms with Gasteiger partial charge in [-0.1, -0.05) is 0 Å². The second-order valence-electron chi connectivity index (χ2n) is 5.73. The van der Waals surface area contributed by atoms with Gasteiger partial charge in [0.15, 0.2) is 5.65 Å². The Labute approximate surface area is 124 Å². The summed E-state index contributed by atoms with van der Waals surface area (Å²) in [7, 11) is 1.89. The number of aromatic nitrogens is 4. The van der Waals surface area contributed by atoms with Gasteiger partial charge in [-0.15, -0.1) is 0 Å². The lowest BCUT2D eigenvalue weighted by molar-refractivity contribution is 0.126. The van der Waals surface area contributed by atoms with Crippen molar-refractivity contribution in [1.29, 1.82) is 0 Å². The molecule has 2 aliphatic rings. The Morgan fingerprint density at radius 1 is 1.25 bits per heavy atom. The van der Waals surface area contributed by atoms with Crippen molar-refractivity contribution in [3.63, 3.8) is 0 Å². The number of piperidine rings is 1. The van der Waals surface area contributed by atoms with Crippen LogP contribution in [-0.4, -0.2) is 43.0 Å². The fraction of sp³-hybridized carbons (Fsp3) is 0.615.